The SMILES string of the molecule is CC(C)c1c(Cl)c(N)nc(Cl)c1C#N. The molecule has 0 aromatic carbocycles. The van der Waals surface area contributed by atoms with E-state index in [1.165, 1.54) is 0 Å². The maximum Gasteiger partial charge on any atom is 0.149 e. The molecule has 0 aliphatic heterocycles. The number of hydrogen-bond donors (Lipinski definition) is 1. The van der Waals surface area contributed by atoms with Crippen molar-refractivity contribution < 1.29 is 0 Å². The number of nitrogens with zero attached hydrogens (tertiary/aromatic N) is 2. The molecule has 0 amide bonds. The van der Waals surface area contributed by atoms with Crippen LogP contribution < -0.4 is 5.73 Å². The van der Waals surface area contributed by atoms with E-state index in [-0.39, 0.29) is 16.9 Å². The Hall–Kier alpha value is -0.980. The molecule has 0 spiro atoms. The molecule has 1 rings (SSSR count). The highest BCUT2D eigenvalue weighted by molar-refractivity contribution is 6.35. The number of nitrogen functional groups attached to an aromatic ring is 1. The summed E-state index contributed by atoms with van der Waals surface area (Å²) in [4.78, 5) is 3.78. The molecular formula is C9H9Cl2N3. The number of halogens is 2. The molecule has 74 valence electrons. The third-order valence-electron chi connectivity index (χ3n) is 1.84. The van der Waals surface area contributed by atoms with Gasteiger partial charge in [-0.3, -0.25) is 0 Å². The number of anilines is 1. The van der Waals surface area contributed by atoms with Gasteiger partial charge in [0.05, 0.1) is 10.6 Å². The van der Waals surface area contributed by atoms with E-state index in [9.17, 15) is 0 Å². The predicted molar refractivity (Wildman–Crippen MR) is 57.5 cm³/mol. The Morgan fingerprint density at radius 2 is 2.00 bits per heavy atom. The quantitative estimate of drug-likeness (QED) is 0.754. The van der Waals surface area contributed by atoms with Crippen molar-refractivity contribution in [3.63, 3.8) is 0 Å². The van der Waals surface area contributed by atoms with Crippen LogP contribution in [0.25, 0.3) is 0 Å². The van der Waals surface area contributed by atoms with Crippen molar-refractivity contribution in [3.8, 4) is 6.07 Å². The van der Waals surface area contributed by atoms with Crippen LogP contribution >= 0.6 is 23.2 Å². The number of aromatic nitrogens is 1. The van der Waals surface area contributed by atoms with Gasteiger partial charge in [0.1, 0.15) is 17.0 Å². The molecule has 0 bridgehead atoms. The second-order valence-electron chi connectivity index (χ2n) is 3.16. The molecule has 0 unspecified atom stereocenters. The molecule has 0 atom stereocenters. The molecule has 0 saturated carbocycles. The summed E-state index contributed by atoms with van der Waals surface area (Å²) in [6.07, 6.45) is 0. The van der Waals surface area contributed by atoms with Gasteiger partial charge in [-0.25, -0.2) is 4.98 Å². The van der Waals surface area contributed by atoms with Crippen LogP contribution in [0, 0.1) is 11.3 Å². The van der Waals surface area contributed by atoms with Crippen molar-refractivity contribution >= 4 is 29.0 Å². The van der Waals surface area contributed by atoms with Crippen LogP contribution in [0.5, 0.6) is 0 Å². The third-order valence-corrected chi connectivity index (χ3v) is 2.52. The molecule has 2 N–H and O–H groups in total. The fourth-order valence-electron chi connectivity index (χ4n) is 1.22. The average molecular weight is 230 g/mol. The third kappa shape index (κ3) is 1.77. The van der Waals surface area contributed by atoms with Crippen LogP contribution in [0.15, 0.2) is 0 Å². The summed E-state index contributed by atoms with van der Waals surface area (Å²) in [6.45, 7) is 3.83. The summed E-state index contributed by atoms with van der Waals surface area (Å²) < 4.78 is 0. The minimum atomic E-state index is 0.0833. The standard InChI is InChI=1S/C9H9Cl2N3/c1-4(2)6-5(3-12)8(11)14-9(13)7(6)10/h4H,1-2H3,(H2,13,14). The average Bonchev–Trinajstić information content (AvgIpc) is 2.10. The van der Waals surface area contributed by atoms with Gasteiger partial charge in [0.25, 0.3) is 0 Å². The van der Waals surface area contributed by atoms with Gasteiger partial charge in [0, 0.05) is 0 Å². The van der Waals surface area contributed by atoms with Crippen molar-refractivity contribution in [2.24, 2.45) is 0 Å². The molecule has 3 nitrogen and oxygen atoms in total. The van der Waals surface area contributed by atoms with Crippen molar-refractivity contribution in [3.05, 3.63) is 21.3 Å². The minimum Gasteiger partial charge on any atom is -0.382 e. The summed E-state index contributed by atoms with van der Waals surface area (Å²) in [5.41, 5.74) is 6.51. The Balaban J connectivity index is 3.59. The lowest BCUT2D eigenvalue weighted by Gasteiger charge is -2.12. The Labute approximate surface area is 92.4 Å². The predicted octanol–water partition coefficient (Wildman–Crippen LogP) is 2.97. The lowest BCUT2D eigenvalue weighted by molar-refractivity contribution is 0.860. The molecule has 0 saturated heterocycles. The van der Waals surface area contributed by atoms with Crippen LogP contribution in [0.4, 0.5) is 5.82 Å². The number of hydrogen-bond acceptors (Lipinski definition) is 3. The van der Waals surface area contributed by atoms with Gasteiger partial charge in [-0.2, -0.15) is 5.26 Å². The maximum atomic E-state index is 8.89. The van der Waals surface area contributed by atoms with Crippen molar-refractivity contribution in [1.29, 1.82) is 5.26 Å². The highest BCUT2D eigenvalue weighted by Gasteiger charge is 2.18. The summed E-state index contributed by atoms with van der Waals surface area (Å²) in [5.74, 6) is 0.249. The lowest BCUT2D eigenvalue weighted by Crippen LogP contribution is -2.02. The van der Waals surface area contributed by atoms with Crippen LogP contribution in [0.3, 0.4) is 0 Å². The fourth-order valence-corrected chi connectivity index (χ4v) is 1.81. The van der Waals surface area contributed by atoms with Gasteiger partial charge in [-0.1, -0.05) is 37.0 Å². The smallest absolute Gasteiger partial charge is 0.149 e. The van der Waals surface area contributed by atoms with E-state index in [0.29, 0.717) is 16.1 Å². The first kappa shape index (κ1) is 11.1. The van der Waals surface area contributed by atoms with Crippen LogP contribution in [0.1, 0.15) is 30.9 Å². The van der Waals surface area contributed by atoms with Crippen molar-refractivity contribution in [2.45, 2.75) is 19.8 Å². The summed E-state index contributed by atoms with van der Waals surface area (Å²) >= 11 is 11.7. The summed E-state index contributed by atoms with van der Waals surface area (Å²) in [6, 6.07) is 1.98. The topological polar surface area (TPSA) is 62.7 Å². The highest BCUT2D eigenvalue weighted by Crippen LogP contribution is 2.34. The molecular weight excluding hydrogens is 221 g/mol. The zero-order chi connectivity index (χ0) is 10.9. The maximum absolute atomic E-state index is 8.89. The molecule has 5 heteroatoms. The number of pyridine rings is 1. The Bertz CT molecular complexity index is 407. The van der Waals surface area contributed by atoms with Gasteiger partial charge in [0.15, 0.2) is 0 Å². The van der Waals surface area contributed by atoms with Crippen molar-refractivity contribution in [2.75, 3.05) is 5.73 Å². The van der Waals surface area contributed by atoms with Gasteiger partial charge in [-0.15, -0.1) is 0 Å². The Morgan fingerprint density at radius 1 is 1.43 bits per heavy atom. The second kappa shape index (κ2) is 4.04. The zero-order valence-corrected chi connectivity index (χ0v) is 9.32. The normalized spacial score (nSPS) is 10.3. The first-order valence-corrected chi connectivity index (χ1v) is 4.79. The lowest BCUT2D eigenvalue weighted by atomic mass is 9.99. The van der Waals surface area contributed by atoms with E-state index in [1.54, 1.807) is 0 Å². The molecule has 0 fully saturated rings. The van der Waals surface area contributed by atoms with E-state index < -0.39 is 0 Å². The molecule has 14 heavy (non-hydrogen) atoms. The van der Waals surface area contributed by atoms with E-state index >= 15 is 0 Å². The first-order valence-electron chi connectivity index (χ1n) is 4.03. The largest absolute Gasteiger partial charge is 0.382 e. The molecule has 1 aromatic rings. The zero-order valence-electron chi connectivity index (χ0n) is 7.81. The molecule has 0 aliphatic rings. The summed E-state index contributed by atoms with van der Waals surface area (Å²) in [5, 5.41) is 9.32. The first-order chi connectivity index (χ1) is 6.49. The number of nitrogens with two attached hydrogens (primary N) is 1. The monoisotopic (exact) mass is 229 g/mol. The van der Waals surface area contributed by atoms with Gasteiger partial charge in [-0.05, 0) is 11.5 Å². The van der Waals surface area contributed by atoms with E-state index in [0.717, 1.165) is 0 Å². The molecule has 1 heterocycles. The Kier molecular flexibility index (Phi) is 3.20. The molecule has 0 aliphatic carbocycles. The van der Waals surface area contributed by atoms with Crippen LogP contribution in [-0.2, 0) is 0 Å². The molecule has 0 radical (unpaired) electrons. The Morgan fingerprint density at radius 3 is 2.43 bits per heavy atom. The fraction of sp³-hybridized carbons (Fsp3) is 0.333. The summed E-state index contributed by atoms with van der Waals surface area (Å²) in [7, 11) is 0. The van der Waals surface area contributed by atoms with E-state index in [1.807, 2.05) is 19.9 Å². The van der Waals surface area contributed by atoms with Crippen LogP contribution in [0.2, 0.25) is 10.2 Å². The van der Waals surface area contributed by atoms with Gasteiger partial charge < -0.3 is 5.73 Å². The van der Waals surface area contributed by atoms with E-state index in [2.05, 4.69) is 4.98 Å². The van der Waals surface area contributed by atoms with Gasteiger partial charge >= 0.3 is 0 Å². The molecule has 1 aromatic heterocycles. The second-order valence-corrected chi connectivity index (χ2v) is 3.89. The highest BCUT2D eigenvalue weighted by atomic mass is 35.5. The van der Waals surface area contributed by atoms with E-state index in [4.69, 9.17) is 34.2 Å². The number of nitriles is 1. The van der Waals surface area contributed by atoms with Crippen molar-refractivity contribution in [1.82, 2.24) is 4.98 Å². The van der Waals surface area contributed by atoms with Crippen LogP contribution in [-0.4, -0.2) is 4.98 Å². The minimum absolute atomic E-state index is 0.0833. The van der Waals surface area contributed by atoms with Gasteiger partial charge in [0.2, 0.25) is 0 Å². The number of rotatable bonds is 1.